The van der Waals surface area contributed by atoms with Crippen LogP contribution in [0, 0.1) is 5.41 Å². The van der Waals surface area contributed by atoms with Crippen LogP contribution in [0.2, 0.25) is 0 Å². The molecule has 2 rings (SSSR count). The van der Waals surface area contributed by atoms with Crippen LogP contribution in [0.15, 0.2) is 0 Å². The predicted molar refractivity (Wildman–Crippen MR) is 120 cm³/mol. The highest BCUT2D eigenvalue weighted by Crippen LogP contribution is 2.39. The highest BCUT2D eigenvalue weighted by molar-refractivity contribution is 5.68. The van der Waals surface area contributed by atoms with E-state index >= 15 is 0 Å². The summed E-state index contributed by atoms with van der Waals surface area (Å²) in [6, 6.07) is 0. The van der Waals surface area contributed by atoms with Crippen molar-refractivity contribution >= 4 is 11.9 Å². The van der Waals surface area contributed by atoms with Crippen LogP contribution >= 0.6 is 0 Å². The fraction of sp³-hybridized carbons (Fsp3) is 0.913. The van der Waals surface area contributed by atoms with E-state index in [-0.39, 0.29) is 30.6 Å². The van der Waals surface area contributed by atoms with Crippen LogP contribution in [0.4, 0.5) is 0 Å². The Morgan fingerprint density at radius 1 is 0.765 bits per heavy atom. The van der Waals surface area contributed by atoms with Gasteiger partial charge in [-0.05, 0) is 6.92 Å². The molecule has 0 saturated carbocycles. The van der Waals surface area contributed by atoms with Crippen molar-refractivity contribution in [2.75, 3.05) is 66.6 Å². The molecule has 0 N–H and O–H groups in total. The molecule has 34 heavy (non-hydrogen) atoms. The van der Waals surface area contributed by atoms with Gasteiger partial charge >= 0.3 is 11.9 Å². The molecule has 0 bridgehead atoms. The van der Waals surface area contributed by atoms with Crippen LogP contribution in [0.1, 0.15) is 53.9 Å². The third-order valence-electron chi connectivity index (χ3n) is 5.25. The normalized spacial score (nSPS) is 28.6. The molecule has 0 aliphatic carbocycles. The third kappa shape index (κ3) is 10.1. The smallest absolute Gasteiger partial charge is 0.305 e. The molecule has 0 aromatic heterocycles. The Bertz CT molecular complexity index is 571. The zero-order chi connectivity index (χ0) is 25.5. The maximum Gasteiger partial charge on any atom is 0.305 e. The molecule has 11 nitrogen and oxygen atoms in total. The Morgan fingerprint density at radius 3 is 1.68 bits per heavy atom. The summed E-state index contributed by atoms with van der Waals surface area (Å²) >= 11 is 0. The maximum absolute atomic E-state index is 10.6. The second kappa shape index (κ2) is 15.6. The first-order valence-corrected chi connectivity index (χ1v) is 11.9. The lowest BCUT2D eigenvalue weighted by atomic mass is 9.90. The van der Waals surface area contributed by atoms with Gasteiger partial charge in [-0.3, -0.25) is 9.59 Å². The molecule has 200 valence electrons. The molecule has 11 heteroatoms. The maximum atomic E-state index is 10.6. The summed E-state index contributed by atoms with van der Waals surface area (Å²) in [7, 11) is 1.59. The van der Waals surface area contributed by atoms with Crippen LogP contribution in [-0.4, -0.2) is 90.5 Å². The highest BCUT2D eigenvalue weighted by atomic mass is 16.9. The molecule has 2 saturated heterocycles. The van der Waals surface area contributed by atoms with Gasteiger partial charge in [0.05, 0.1) is 45.1 Å². The minimum atomic E-state index is -0.926. The van der Waals surface area contributed by atoms with E-state index in [9.17, 15) is 9.59 Å². The zero-order valence-corrected chi connectivity index (χ0v) is 21.5. The molecule has 0 amide bonds. The van der Waals surface area contributed by atoms with E-state index in [0.29, 0.717) is 65.5 Å². The summed E-state index contributed by atoms with van der Waals surface area (Å²) in [5.74, 6) is -2.41. The molecule has 2 aliphatic heterocycles. The van der Waals surface area contributed by atoms with Crippen molar-refractivity contribution < 1.29 is 52.2 Å². The van der Waals surface area contributed by atoms with Gasteiger partial charge in [0.2, 0.25) is 0 Å². The number of carbonyl (C=O) groups is 2. The Labute approximate surface area is 202 Å². The molecule has 1 spiro atoms. The summed E-state index contributed by atoms with van der Waals surface area (Å²) in [6.45, 7) is 12.6. The topological polar surface area (TPSA) is 117 Å². The lowest BCUT2D eigenvalue weighted by Gasteiger charge is -2.49. The Balaban J connectivity index is 0.000000365. The molecule has 0 unspecified atom stereocenters. The first-order valence-electron chi connectivity index (χ1n) is 11.9. The monoisotopic (exact) mass is 494 g/mol. The number of methoxy groups -OCH3 is 1. The van der Waals surface area contributed by atoms with Crippen LogP contribution in [0.25, 0.3) is 0 Å². The van der Waals surface area contributed by atoms with Crippen molar-refractivity contribution in [2.45, 2.75) is 65.8 Å². The van der Waals surface area contributed by atoms with Crippen LogP contribution in [0.3, 0.4) is 0 Å². The van der Waals surface area contributed by atoms with Gasteiger partial charge in [-0.1, -0.05) is 20.8 Å². The van der Waals surface area contributed by atoms with E-state index in [4.69, 9.17) is 37.9 Å². The van der Waals surface area contributed by atoms with E-state index in [1.807, 2.05) is 20.8 Å². The van der Waals surface area contributed by atoms with Crippen molar-refractivity contribution in [3.63, 3.8) is 0 Å². The minimum Gasteiger partial charge on any atom is -0.463 e. The summed E-state index contributed by atoms with van der Waals surface area (Å²) in [5.41, 5.74) is -0.285. The number of hydrogen-bond acceptors (Lipinski definition) is 11. The molecule has 0 atom stereocenters. The second-order valence-electron chi connectivity index (χ2n) is 7.89. The highest BCUT2D eigenvalue weighted by Gasteiger charge is 2.50. The summed E-state index contributed by atoms with van der Waals surface area (Å²) in [6.07, 6.45) is 1.65. The van der Waals surface area contributed by atoms with Gasteiger partial charge in [-0.25, -0.2) is 0 Å². The molecule has 0 radical (unpaired) electrons. The van der Waals surface area contributed by atoms with Crippen LogP contribution in [-0.2, 0) is 52.2 Å². The third-order valence-corrected chi connectivity index (χ3v) is 5.25. The number of carbonyl (C=O) groups excluding carboxylic acids is 2. The molecule has 2 heterocycles. The summed E-state index contributed by atoms with van der Waals surface area (Å²) in [4.78, 5) is 21.0. The fourth-order valence-corrected chi connectivity index (χ4v) is 3.12. The standard InChI is InChI=1S/C14H26O6.C9H16O5/c1-5-13(15-4)17-8-12(9-18-13)10-19-14(6-2,16-7-3)20-11-12;1-3-9(11)14-7-5-12-4-6-13-8(2)10/h5-11H2,1-4H3;3-7H2,1-2H3. The number of ether oxygens (including phenoxy) is 9. The summed E-state index contributed by atoms with van der Waals surface area (Å²) in [5, 5.41) is 0. The average Bonchev–Trinajstić information content (AvgIpc) is 2.86. The van der Waals surface area contributed by atoms with Crippen LogP contribution in [0.5, 0.6) is 0 Å². The van der Waals surface area contributed by atoms with E-state index in [1.54, 1.807) is 14.0 Å². The quantitative estimate of drug-likeness (QED) is 0.294. The largest absolute Gasteiger partial charge is 0.463 e. The number of esters is 2. The van der Waals surface area contributed by atoms with Gasteiger partial charge in [-0.2, -0.15) is 0 Å². The molecule has 2 aliphatic rings. The van der Waals surface area contributed by atoms with E-state index in [1.165, 1.54) is 6.92 Å². The Morgan fingerprint density at radius 2 is 1.26 bits per heavy atom. The molecule has 0 aromatic rings. The molecule has 0 aromatic carbocycles. The van der Waals surface area contributed by atoms with Crippen LogP contribution < -0.4 is 0 Å². The SMILES string of the molecule is CCC(=O)OCCOCCOC(C)=O.CCOC1(CC)OCC2(COC(CC)(OC)OC2)CO1. The molecule has 2 fully saturated rings. The first kappa shape index (κ1) is 30.7. The predicted octanol–water partition coefficient (Wildman–Crippen LogP) is 2.40. The lowest BCUT2D eigenvalue weighted by Crippen LogP contribution is -2.59. The van der Waals surface area contributed by atoms with Crippen molar-refractivity contribution in [3.05, 3.63) is 0 Å². The van der Waals surface area contributed by atoms with Crippen molar-refractivity contribution in [1.82, 2.24) is 0 Å². The molecular formula is C23H42O11. The zero-order valence-electron chi connectivity index (χ0n) is 21.5. The van der Waals surface area contributed by atoms with E-state index < -0.39 is 11.9 Å². The Hall–Kier alpha value is -1.34. The van der Waals surface area contributed by atoms with Gasteiger partial charge in [0.15, 0.2) is 0 Å². The van der Waals surface area contributed by atoms with Crippen molar-refractivity contribution in [3.8, 4) is 0 Å². The average molecular weight is 495 g/mol. The van der Waals surface area contributed by atoms with Gasteiger partial charge in [-0.15, -0.1) is 0 Å². The summed E-state index contributed by atoms with van der Waals surface area (Å²) < 4.78 is 48.5. The molecular weight excluding hydrogens is 452 g/mol. The Kier molecular flexibility index (Phi) is 14.1. The van der Waals surface area contributed by atoms with Gasteiger partial charge in [0, 0.05) is 39.9 Å². The van der Waals surface area contributed by atoms with Gasteiger partial charge in [0.1, 0.15) is 13.2 Å². The van der Waals surface area contributed by atoms with Crippen molar-refractivity contribution in [2.24, 2.45) is 5.41 Å². The van der Waals surface area contributed by atoms with Gasteiger partial charge in [0.25, 0.3) is 11.9 Å². The number of hydrogen-bond donors (Lipinski definition) is 0. The van der Waals surface area contributed by atoms with E-state index in [2.05, 4.69) is 4.74 Å². The fourth-order valence-electron chi connectivity index (χ4n) is 3.12. The lowest BCUT2D eigenvalue weighted by molar-refractivity contribution is -0.462. The van der Waals surface area contributed by atoms with Gasteiger partial charge < -0.3 is 42.6 Å². The van der Waals surface area contributed by atoms with E-state index in [0.717, 1.165) is 0 Å². The first-order chi connectivity index (χ1) is 16.2. The minimum absolute atomic E-state index is 0.233. The van der Waals surface area contributed by atoms with Crippen molar-refractivity contribution in [1.29, 1.82) is 0 Å². The second-order valence-corrected chi connectivity index (χ2v) is 7.89. The number of rotatable bonds is 12.